The monoisotopic (exact) mass is 387 g/mol. The number of ether oxygens (including phenoxy) is 2. The first-order chi connectivity index (χ1) is 13.5. The summed E-state index contributed by atoms with van der Waals surface area (Å²) in [6.07, 6.45) is 2.08. The minimum absolute atomic E-state index is 0.188. The number of hydrazone groups is 1. The van der Waals surface area contributed by atoms with Gasteiger partial charge in [0, 0.05) is 12.1 Å². The smallest absolute Gasteiger partial charge is 0.329 e. The summed E-state index contributed by atoms with van der Waals surface area (Å²) in [6.45, 7) is 2.48. The van der Waals surface area contributed by atoms with Crippen LogP contribution < -0.4 is 20.2 Å². The topological polar surface area (TPSA) is 89.0 Å². The fourth-order valence-electron chi connectivity index (χ4n) is 2.22. The van der Waals surface area contributed by atoms with E-state index >= 15 is 0 Å². The Morgan fingerprint density at radius 3 is 2.57 bits per heavy atom. The van der Waals surface area contributed by atoms with Crippen molar-refractivity contribution in [2.24, 2.45) is 5.10 Å². The van der Waals surface area contributed by atoms with Crippen LogP contribution in [-0.4, -0.2) is 31.7 Å². The normalized spacial score (nSPS) is 10.5. The highest BCUT2D eigenvalue weighted by Gasteiger charge is 2.12. The van der Waals surface area contributed by atoms with E-state index in [1.54, 1.807) is 30.3 Å². The van der Waals surface area contributed by atoms with Gasteiger partial charge in [0.05, 0.1) is 13.3 Å². The van der Waals surface area contributed by atoms with Crippen molar-refractivity contribution in [3.63, 3.8) is 0 Å². The van der Waals surface area contributed by atoms with Crippen LogP contribution in [-0.2, 0) is 16.2 Å². The van der Waals surface area contributed by atoms with Crippen molar-refractivity contribution in [1.29, 1.82) is 0 Å². The van der Waals surface area contributed by atoms with E-state index in [9.17, 15) is 14.0 Å². The van der Waals surface area contributed by atoms with Gasteiger partial charge >= 0.3 is 11.8 Å². The summed E-state index contributed by atoms with van der Waals surface area (Å²) < 4.78 is 24.1. The molecule has 7 nitrogen and oxygen atoms in total. The zero-order valence-corrected chi connectivity index (χ0v) is 15.7. The molecule has 0 fully saturated rings. The number of nitrogens with one attached hydrogen (secondary N) is 2. The zero-order chi connectivity index (χ0) is 20.4. The molecule has 0 radical (unpaired) electrons. The number of amides is 2. The lowest BCUT2D eigenvalue weighted by Crippen LogP contribution is -2.38. The van der Waals surface area contributed by atoms with Gasteiger partial charge in [-0.2, -0.15) is 5.10 Å². The van der Waals surface area contributed by atoms with Crippen LogP contribution in [0.3, 0.4) is 0 Å². The van der Waals surface area contributed by atoms with Crippen molar-refractivity contribution in [3.8, 4) is 11.5 Å². The molecule has 2 aromatic carbocycles. The quantitative estimate of drug-likeness (QED) is 0.414. The van der Waals surface area contributed by atoms with Crippen molar-refractivity contribution < 1.29 is 23.5 Å². The van der Waals surface area contributed by atoms with Gasteiger partial charge < -0.3 is 14.8 Å². The van der Waals surface area contributed by atoms with Crippen LogP contribution in [0.5, 0.6) is 11.5 Å². The predicted molar refractivity (Wildman–Crippen MR) is 103 cm³/mol. The molecule has 0 unspecified atom stereocenters. The first kappa shape index (κ1) is 20.9. The highest BCUT2D eigenvalue weighted by molar-refractivity contribution is 6.35. The van der Waals surface area contributed by atoms with Crippen LogP contribution in [0.2, 0.25) is 0 Å². The minimum atomic E-state index is -0.860. The Hall–Kier alpha value is -3.42. The van der Waals surface area contributed by atoms with E-state index in [-0.39, 0.29) is 12.4 Å². The molecular formula is C20H22FN3O4. The molecule has 0 aliphatic carbocycles. The van der Waals surface area contributed by atoms with Crippen LogP contribution in [0, 0.1) is 5.82 Å². The molecule has 0 bridgehead atoms. The third kappa shape index (κ3) is 6.08. The Balaban J connectivity index is 2.08. The maximum Gasteiger partial charge on any atom is 0.329 e. The van der Waals surface area contributed by atoms with Crippen LogP contribution >= 0.6 is 0 Å². The van der Waals surface area contributed by atoms with E-state index in [0.29, 0.717) is 23.6 Å². The average molecular weight is 387 g/mol. The van der Waals surface area contributed by atoms with Gasteiger partial charge in [0.15, 0.2) is 11.5 Å². The fourth-order valence-corrected chi connectivity index (χ4v) is 2.22. The maximum atomic E-state index is 13.0. The molecule has 0 heterocycles. The number of hydrogen-bond acceptors (Lipinski definition) is 5. The van der Waals surface area contributed by atoms with Gasteiger partial charge in [0.1, 0.15) is 12.4 Å². The standard InChI is InChI=1S/C20H22FN3O4/c1-3-11-22-19(25)20(26)24-23-12-15-5-4-6-17(27-2)18(15)28-13-14-7-9-16(21)10-8-14/h4-10,12H,3,11,13H2,1-2H3,(H,22,25)(H,24,26)/b23-12-. The molecule has 0 aliphatic rings. The fraction of sp³-hybridized carbons (Fsp3) is 0.250. The molecule has 2 rings (SSSR count). The van der Waals surface area contributed by atoms with Crippen LogP contribution in [0.4, 0.5) is 4.39 Å². The van der Waals surface area contributed by atoms with Gasteiger partial charge in [-0.3, -0.25) is 9.59 Å². The summed E-state index contributed by atoms with van der Waals surface area (Å²) in [4.78, 5) is 23.2. The van der Waals surface area contributed by atoms with Crippen molar-refractivity contribution in [1.82, 2.24) is 10.7 Å². The zero-order valence-electron chi connectivity index (χ0n) is 15.7. The van der Waals surface area contributed by atoms with Crippen molar-refractivity contribution >= 4 is 18.0 Å². The van der Waals surface area contributed by atoms with Gasteiger partial charge in [0.2, 0.25) is 0 Å². The van der Waals surface area contributed by atoms with Gasteiger partial charge in [-0.25, -0.2) is 9.82 Å². The Morgan fingerprint density at radius 1 is 1.14 bits per heavy atom. The van der Waals surface area contributed by atoms with Gasteiger partial charge in [0.25, 0.3) is 0 Å². The Morgan fingerprint density at radius 2 is 1.89 bits per heavy atom. The summed E-state index contributed by atoms with van der Waals surface area (Å²) >= 11 is 0. The van der Waals surface area contributed by atoms with E-state index in [1.807, 2.05) is 6.92 Å². The maximum absolute atomic E-state index is 13.0. The van der Waals surface area contributed by atoms with Crippen LogP contribution in [0.25, 0.3) is 0 Å². The first-order valence-electron chi connectivity index (χ1n) is 8.70. The second-order valence-corrected chi connectivity index (χ2v) is 5.75. The number of nitrogens with zero attached hydrogens (tertiary/aromatic N) is 1. The van der Waals surface area contributed by atoms with Crippen molar-refractivity contribution in [2.45, 2.75) is 20.0 Å². The number of methoxy groups -OCH3 is 1. The van der Waals surface area contributed by atoms with Gasteiger partial charge in [-0.05, 0) is 36.2 Å². The Labute approximate surface area is 162 Å². The lowest BCUT2D eigenvalue weighted by molar-refractivity contribution is -0.139. The summed E-state index contributed by atoms with van der Waals surface area (Å²) in [6, 6.07) is 11.1. The number of halogens is 1. The molecule has 0 spiro atoms. The number of rotatable bonds is 8. The first-order valence-corrected chi connectivity index (χ1v) is 8.70. The third-order valence-corrected chi connectivity index (χ3v) is 3.64. The molecule has 28 heavy (non-hydrogen) atoms. The van der Waals surface area contributed by atoms with E-state index < -0.39 is 11.8 Å². The second kappa shape index (κ2) is 10.7. The van der Waals surface area contributed by atoms with E-state index in [1.165, 1.54) is 25.5 Å². The minimum Gasteiger partial charge on any atom is -0.493 e. The molecule has 148 valence electrons. The molecule has 0 atom stereocenters. The highest BCUT2D eigenvalue weighted by atomic mass is 19.1. The summed E-state index contributed by atoms with van der Waals surface area (Å²) in [5.74, 6) is -1.06. The molecule has 0 aromatic heterocycles. The number of carbonyl (C=O) groups excluding carboxylic acids is 2. The Kier molecular flexibility index (Phi) is 7.95. The number of para-hydroxylation sites is 1. The van der Waals surface area contributed by atoms with Crippen LogP contribution in [0.15, 0.2) is 47.6 Å². The summed E-state index contributed by atoms with van der Waals surface area (Å²) in [7, 11) is 1.50. The predicted octanol–water partition coefficient (Wildman–Crippen LogP) is 2.39. The number of benzene rings is 2. The van der Waals surface area contributed by atoms with Crippen molar-refractivity contribution in [3.05, 3.63) is 59.4 Å². The lowest BCUT2D eigenvalue weighted by atomic mass is 10.2. The van der Waals surface area contributed by atoms with E-state index in [0.717, 1.165) is 12.0 Å². The largest absolute Gasteiger partial charge is 0.493 e. The number of hydrogen-bond donors (Lipinski definition) is 2. The Bertz CT molecular complexity index is 838. The van der Waals surface area contributed by atoms with Crippen molar-refractivity contribution in [2.75, 3.05) is 13.7 Å². The average Bonchev–Trinajstić information content (AvgIpc) is 2.71. The molecule has 2 N–H and O–H groups in total. The molecule has 0 saturated heterocycles. The lowest BCUT2D eigenvalue weighted by Gasteiger charge is -2.13. The van der Waals surface area contributed by atoms with E-state index in [2.05, 4.69) is 15.8 Å². The summed E-state index contributed by atoms with van der Waals surface area (Å²) in [5, 5.41) is 6.26. The summed E-state index contributed by atoms with van der Waals surface area (Å²) in [5.41, 5.74) is 3.48. The molecule has 8 heteroatoms. The second-order valence-electron chi connectivity index (χ2n) is 5.75. The highest BCUT2D eigenvalue weighted by Crippen LogP contribution is 2.30. The SMILES string of the molecule is CCCNC(=O)C(=O)N/N=C\c1cccc(OC)c1OCc1ccc(F)cc1. The number of carbonyl (C=O) groups is 2. The van der Waals surface area contributed by atoms with E-state index in [4.69, 9.17) is 9.47 Å². The van der Waals surface area contributed by atoms with Gasteiger partial charge in [-0.1, -0.05) is 25.1 Å². The van der Waals surface area contributed by atoms with Gasteiger partial charge in [-0.15, -0.1) is 0 Å². The van der Waals surface area contributed by atoms with Crippen LogP contribution in [0.1, 0.15) is 24.5 Å². The molecule has 0 saturated carbocycles. The third-order valence-electron chi connectivity index (χ3n) is 3.64. The molecule has 2 aromatic rings. The molecule has 0 aliphatic heterocycles. The molecular weight excluding hydrogens is 365 g/mol. The molecule has 2 amide bonds.